The molecule has 0 radical (unpaired) electrons. The molecule has 0 unspecified atom stereocenters. The van der Waals surface area contributed by atoms with Crippen molar-refractivity contribution in [3.05, 3.63) is 59.7 Å². The van der Waals surface area contributed by atoms with E-state index in [0.29, 0.717) is 0 Å². The third kappa shape index (κ3) is 10.2. The summed E-state index contributed by atoms with van der Waals surface area (Å²) in [5.74, 6) is 1.81. The summed E-state index contributed by atoms with van der Waals surface area (Å²) >= 11 is 0. The van der Waals surface area contributed by atoms with E-state index in [9.17, 15) is 0 Å². The molecule has 0 N–H and O–H groups in total. The minimum absolute atomic E-state index is 0.778. The lowest BCUT2D eigenvalue weighted by molar-refractivity contribution is 0.305. The Balaban J connectivity index is 1.70. The van der Waals surface area contributed by atoms with Crippen molar-refractivity contribution in [2.24, 2.45) is 10.2 Å². The van der Waals surface area contributed by atoms with Gasteiger partial charge in [0.05, 0.1) is 25.6 Å². The van der Waals surface area contributed by atoms with Crippen LogP contribution in [0.3, 0.4) is 0 Å². The molecule has 0 aliphatic rings. The first kappa shape index (κ1) is 23.7. The molecule has 0 atom stereocenters. The molecule has 0 amide bonds. The van der Waals surface area contributed by atoms with Crippen molar-refractivity contribution in [1.82, 2.24) is 0 Å². The maximum absolute atomic E-state index is 5.76. The summed E-state index contributed by atoms with van der Waals surface area (Å²) in [6.45, 7) is 5.99. The SMILES string of the molecule is CCCCCCOc1ccc(C=NN=Cc2ccc(OCCCCCC)cc2)cc1. The maximum atomic E-state index is 5.76. The molecule has 162 valence electrons. The Hall–Kier alpha value is -2.62. The molecule has 0 spiro atoms. The van der Waals surface area contributed by atoms with Crippen LogP contribution in [0.2, 0.25) is 0 Å². The first-order chi connectivity index (χ1) is 14.8. The van der Waals surface area contributed by atoms with Crippen molar-refractivity contribution in [3.63, 3.8) is 0 Å². The van der Waals surface area contributed by atoms with Crippen molar-refractivity contribution in [1.29, 1.82) is 0 Å². The van der Waals surface area contributed by atoms with Gasteiger partial charge in [0, 0.05) is 0 Å². The minimum atomic E-state index is 0.778. The molecular weight excluding hydrogens is 372 g/mol. The van der Waals surface area contributed by atoms with Gasteiger partial charge in [-0.05, 0) is 72.5 Å². The van der Waals surface area contributed by atoms with E-state index >= 15 is 0 Å². The largest absolute Gasteiger partial charge is 0.494 e. The van der Waals surface area contributed by atoms with Gasteiger partial charge in [-0.2, -0.15) is 10.2 Å². The average Bonchev–Trinajstić information content (AvgIpc) is 2.78. The third-order valence-electron chi connectivity index (χ3n) is 4.77. The molecule has 0 bridgehead atoms. The summed E-state index contributed by atoms with van der Waals surface area (Å²) in [7, 11) is 0. The van der Waals surface area contributed by atoms with Gasteiger partial charge < -0.3 is 9.47 Å². The average molecular weight is 409 g/mol. The summed E-state index contributed by atoms with van der Waals surface area (Å²) in [5, 5.41) is 8.27. The predicted octanol–water partition coefficient (Wildman–Crippen LogP) is 7.06. The fraction of sp³-hybridized carbons (Fsp3) is 0.462. The first-order valence-corrected chi connectivity index (χ1v) is 11.3. The van der Waals surface area contributed by atoms with E-state index in [1.807, 2.05) is 48.5 Å². The van der Waals surface area contributed by atoms with E-state index in [0.717, 1.165) is 48.7 Å². The monoisotopic (exact) mass is 408 g/mol. The van der Waals surface area contributed by atoms with Gasteiger partial charge >= 0.3 is 0 Å². The molecule has 0 heterocycles. The van der Waals surface area contributed by atoms with Crippen LogP contribution >= 0.6 is 0 Å². The van der Waals surface area contributed by atoms with E-state index in [-0.39, 0.29) is 0 Å². The number of rotatable bonds is 15. The highest BCUT2D eigenvalue weighted by Gasteiger charge is 1.96. The van der Waals surface area contributed by atoms with Crippen LogP contribution in [0.15, 0.2) is 58.7 Å². The lowest BCUT2D eigenvalue weighted by Crippen LogP contribution is -1.97. The minimum Gasteiger partial charge on any atom is -0.494 e. The van der Waals surface area contributed by atoms with Gasteiger partial charge in [0.15, 0.2) is 0 Å². The molecule has 0 aliphatic carbocycles. The lowest BCUT2D eigenvalue weighted by Gasteiger charge is -2.05. The highest BCUT2D eigenvalue weighted by molar-refractivity contribution is 5.82. The number of hydrogen-bond donors (Lipinski definition) is 0. The van der Waals surface area contributed by atoms with Gasteiger partial charge in [0.2, 0.25) is 0 Å². The first-order valence-electron chi connectivity index (χ1n) is 11.3. The van der Waals surface area contributed by atoms with Crippen LogP contribution < -0.4 is 9.47 Å². The van der Waals surface area contributed by atoms with Crippen LogP contribution in [0.4, 0.5) is 0 Å². The Morgan fingerprint density at radius 2 is 0.967 bits per heavy atom. The fourth-order valence-electron chi connectivity index (χ4n) is 2.94. The highest BCUT2D eigenvalue weighted by atomic mass is 16.5. The second-order valence-electron chi connectivity index (χ2n) is 7.45. The van der Waals surface area contributed by atoms with Crippen LogP contribution in [0.1, 0.15) is 76.3 Å². The van der Waals surface area contributed by atoms with Crippen LogP contribution in [0.25, 0.3) is 0 Å². The topological polar surface area (TPSA) is 43.2 Å². The predicted molar refractivity (Wildman–Crippen MR) is 127 cm³/mol. The zero-order valence-electron chi connectivity index (χ0n) is 18.6. The van der Waals surface area contributed by atoms with Crippen molar-refractivity contribution in [2.45, 2.75) is 65.2 Å². The Morgan fingerprint density at radius 3 is 1.33 bits per heavy atom. The molecule has 4 heteroatoms. The summed E-state index contributed by atoms with van der Waals surface area (Å²) in [6, 6.07) is 15.9. The Bertz CT molecular complexity index is 671. The second-order valence-corrected chi connectivity index (χ2v) is 7.45. The third-order valence-corrected chi connectivity index (χ3v) is 4.77. The van der Waals surface area contributed by atoms with Crippen LogP contribution in [-0.4, -0.2) is 25.6 Å². The standard InChI is InChI=1S/C26H36N2O2/c1-3-5-7-9-19-29-25-15-11-23(12-16-25)21-27-28-22-24-13-17-26(18-14-24)30-20-10-8-6-4-2/h11-18,21-22H,3-10,19-20H2,1-2H3. The molecule has 0 fully saturated rings. The number of nitrogens with zero attached hydrogens (tertiary/aromatic N) is 2. The Labute approximate surface area is 182 Å². The smallest absolute Gasteiger partial charge is 0.119 e. The van der Waals surface area contributed by atoms with E-state index in [2.05, 4.69) is 24.1 Å². The quantitative estimate of drug-likeness (QED) is 0.180. The van der Waals surface area contributed by atoms with Crippen molar-refractivity contribution in [3.8, 4) is 11.5 Å². The molecule has 2 aromatic rings. The molecule has 0 saturated carbocycles. The van der Waals surface area contributed by atoms with E-state index in [1.54, 1.807) is 12.4 Å². The van der Waals surface area contributed by atoms with Crippen LogP contribution in [0, 0.1) is 0 Å². The summed E-state index contributed by atoms with van der Waals surface area (Å²) in [6.07, 6.45) is 13.2. The zero-order chi connectivity index (χ0) is 21.3. The van der Waals surface area contributed by atoms with Crippen molar-refractivity contribution in [2.75, 3.05) is 13.2 Å². The zero-order valence-corrected chi connectivity index (χ0v) is 18.6. The molecule has 0 aromatic heterocycles. The normalized spacial score (nSPS) is 11.4. The van der Waals surface area contributed by atoms with Crippen LogP contribution in [-0.2, 0) is 0 Å². The fourth-order valence-corrected chi connectivity index (χ4v) is 2.94. The molecular formula is C26H36N2O2. The summed E-state index contributed by atoms with van der Waals surface area (Å²) in [5.41, 5.74) is 2.00. The Kier molecular flexibility index (Phi) is 12.0. The van der Waals surface area contributed by atoms with Crippen molar-refractivity contribution < 1.29 is 9.47 Å². The molecule has 0 aliphatic heterocycles. The number of unbranched alkanes of at least 4 members (excludes halogenated alkanes) is 6. The van der Waals surface area contributed by atoms with E-state index < -0.39 is 0 Å². The van der Waals surface area contributed by atoms with Crippen LogP contribution in [0.5, 0.6) is 11.5 Å². The number of ether oxygens (including phenoxy) is 2. The Morgan fingerprint density at radius 1 is 0.567 bits per heavy atom. The molecule has 30 heavy (non-hydrogen) atoms. The summed E-state index contributed by atoms with van der Waals surface area (Å²) in [4.78, 5) is 0. The van der Waals surface area contributed by atoms with Gasteiger partial charge in [-0.3, -0.25) is 0 Å². The molecule has 0 saturated heterocycles. The van der Waals surface area contributed by atoms with Gasteiger partial charge in [0.25, 0.3) is 0 Å². The van der Waals surface area contributed by atoms with E-state index in [1.165, 1.54) is 38.5 Å². The number of benzene rings is 2. The second kappa shape index (κ2) is 15.3. The van der Waals surface area contributed by atoms with Gasteiger partial charge in [-0.25, -0.2) is 0 Å². The molecule has 2 rings (SSSR count). The lowest BCUT2D eigenvalue weighted by atomic mass is 10.2. The maximum Gasteiger partial charge on any atom is 0.119 e. The molecule has 4 nitrogen and oxygen atoms in total. The number of hydrogen-bond acceptors (Lipinski definition) is 4. The molecule has 2 aromatic carbocycles. The van der Waals surface area contributed by atoms with E-state index in [4.69, 9.17) is 9.47 Å². The highest BCUT2D eigenvalue weighted by Crippen LogP contribution is 2.13. The summed E-state index contributed by atoms with van der Waals surface area (Å²) < 4.78 is 11.5. The van der Waals surface area contributed by atoms with Gasteiger partial charge in [0.1, 0.15) is 11.5 Å². The van der Waals surface area contributed by atoms with Gasteiger partial charge in [-0.1, -0.05) is 52.4 Å². The van der Waals surface area contributed by atoms with Crippen molar-refractivity contribution >= 4 is 12.4 Å². The van der Waals surface area contributed by atoms with Gasteiger partial charge in [-0.15, -0.1) is 0 Å².